The van der Waals surface area contributed by atoms with Gasteiger partial charge in [0.2, 0.25) is 0 Å². The molecule has 9 heteroatoms. The molecule has 0 fully saturated rings. The monoisotopic (exact) mass is 236 g/mol. The summed E-state index contributed by atoms with van der Waals surface area (Å²) < 4.78 is 0. The molecule has 0 aliphatic rings. The van der Waals surface area contributed by atoms with Crippen molar-refractivity contribution in [2.24, 2.45) is 0 Å². The number of nitrogens with zero attached hydrogens (tertiary/aromatic N) is 3. The number of rotatable bonds is 3. The van der Waals surface area contributed by atoms with Crippen molar-refractivity contribution in [3.8, 4) is 0 Å². The summed E-state index contributed by atoms with van der Waals surface area (Å²) in [5, 5.41) is 23.6. The van der Waals surface area contributed by atoms with Gasteiger partial charge in [-0.3, -0.25) is 4.79 Å². The highest BCUT2D eigenvalue weighted by Crippen LogP contribution is 2.19. The lowest BCUT2D eigenvalue weighted by atomic mass is 10.2. The van der Waals surface area contributed by atoms with E-state index in [1.54, 1.807) is 6.92 Å². The fraction of sp³-hybridized carbons (Fsp3) is 0.125. The van der Waals surface area contributed by atoms with Gasteiger partial charge in [-0.2, -0.15) is 5.21 Å². The molecule has 2 rings (SSSR count). The molecule has 1 amide bonds. The first-order valence-corrected chi connectivity index (χ1v) is 4.55. The van der Waals surface area contributed by atoms with Crippen molar-refractivity contribution >= 4 is 17.6 Å². The van der Waals surface area contributed by atoms with Crippen molar-refractivity contribution in [1.29, 1.82) is 0 Å². The van der Waals surface area contributed by atoms with Crippen molar-refractivity contribution < 1.29 is 14.7 Å². The topological polar surface area (TPSA) is 137 Å². The van der Waals surface area contributed by atoms with E-state index in [-0.39, 0.29) is 17.1 Å². The molecule has 2 aromatic heterocycles. The van der Waals surface area contributed by atoms with E-state index in [0.29, 0.717) is 5.69 Å². The minimum Gasteiger partial charge on any atom is -0.478 e. The Bertz CT molecular complexity index is 558. The molecule has 0 saturated heterocycles. The smallest absolute Gasteiger partial charge is 0.339 e. The van der Waals surface area contributed by atoms with Crippen molar-refractivity contribution in [2.75, 3.05) is 5.32 Å². The van der Waals surface area contributed by atoms with E-state index in [2.05, 4.69) is 30.9 Å². The normalized spacial score (nSPS) is 10.2. The van der Waals surface area contributed by atoms with E-state index in [1.165, 1.54) is 6.20 Å². The summed E-state index contributed by atoms with van der Waals surface area (Å²) in [6.45, 7) is 1.59. The van der Waals surface area contributed by atoms with Crippen molar-refractivity contribution in [1.82, 2.24) is 25.6 Å². The minimum absolute atomic E-state index is 0.00171. The van der Waals surface area contributed by atoms with Crippen LogP contribution in [0.25, 0.3) is 0 Å². The van der Waals surface area contributed by atoms with E-state index < -0.39 is 11.9 Å². The van der Waals surface area contributed by atoms with Gasteiger partial charge in [0.05, 0.1) is 5.69 Å². The molecule has 2 heterocycles. The molecule has 0 aliphatic heterocycles. The molecule has 2 aromatic rings. The molecule has 17 heavy (non-hydrogen) atoms. The predicted octanol–water partition coefficient (Wildman–Crippen LogP) is -0.213. The molecule has 4 N–H and O–H groups in total. The summed E-state index contributed by atoms with van der Waals surface area (Å²) in [6.07, 6.45) is 1.39. The number of amides is 1. The molecule has 0 saturated carbocycles. The van der Waals surface area contributed by atoms with Crippen molar-refractivity contribution in [3.63, 3.8) is 0 Å². The zero-order chi connectivity index (χ0) is 12.4. The number of tetrazole rings is 1. The van der Waals surface area contributed by atoms with Gasteiger partial charge in [0.25, 0.3) is 11.7 Å². The lowest BCUT2D eigenvalue weighted by Crippen LogP contribution is -2.15. The summed E-state index contributed by atoms with van der Waals surface area (Å²) in [5.41, 5.74) is 0.604. The molecule has 88 valence electrons. The number of aromatic nitrogens is 5. The number of anilines is 1. The molecule has 0 radical (unpaired) electrons. The molecular weight excluding hydrogens is 228 g/mol. The first-order valence-electron chi connectivity index (χ1n) is 4.55. The van der Waals surface area contributed by atoms with Crippen LogP contribution in [0.2, 0.25) is 0 Å². The zero-order valence-electron chi connectivity index (χ0n) is 8.68. The summed E-state index contributed by atoms with van der Waals surface area (Å²) >= 11 is 0. The number of hydrogen-bond acceptors (Lipinski definition) is 5. The number of carboxylic acids is 1. The summed E-state index contributed by atoms with van der Waals surface area (Å²) in [5.74, 6) is -1.94. The molecular formula is C8H8N6O3. The molecule has 0 bridgehead atoms. The maximum atomic E-state index is 11.6. The van der Waals surface area contributed by atoms with Gasteiger partial charge in [-0.25, -0.2) is 4.79 Å². The van der Waals surface area contributed by atoms with Gasteiger partial charge in [0.15, 0.2) is 0 Å². The standard InChI is InChI=1S/C8H8N6O3/c1-3-5(8(16)17)4(2-9-3)10-7(15)6-11-13-14-12-6/h2,9H,1H3,(H,10,15)(H,16,17)(H,11,12,13,14). The third-order valence-corrected chi connectivity index (χ3v) is 2.09. The summed E-state index contributed by atoms with van der Waals surface area (Å²) in [6, 6.07) is 0. The van der Waals surface area contributed by atoms with Crippen molar-refractivity contribution in [2.45, 2.75) is 6.92 Å². The van der Waals surface area contributed by atoms with E-state index in [0.717, 1.165) is 0 Å². The quantitative estimate of drug-likeness (QED) is 0.581. The molecule has 0 aliphatic carbocycles. The van der Waals surface area contributed by atoms with Crippen molar-refractivity contribution in [3.05, 3.63) is 23.3 Å². The number of aromatic amines is 2. The van der Waals surface area contributed by atoms with Gasteiger partial charge in [0, 0.05) is 11.9 Å². The number of aryl methyl sites for hydroxylation is 1. The Labute approximate surface area is 94.2 Å². The van der Waals surface area contributed by atoms with Crippen LogP contribution in [0.3, 0.4) is 0 Å². The van der Waals surface area contributed by atoms with Gasteiger partial charge in [0.1, 0.15) is 5.56 Å². The van der Waals surface area contributed by atoms with E-state index in [9.17, 15) is 9.59 Å². The number of carboxylic acid groups (broad SMARTS) is 1. The van der Waals surface area contributed by atoms with Gasteiger partial charge in [-0.15, -0.1) is 10.2 Å². The Morgan fingerprint density at radius 1 is 1.47 bits per heavy atom. The molecule has 0 aromatic carbocycles. The van der Waals surface area contributed by atoms with Crippen LogP contribution < -0.4 is 5.32 Å². The fourth-order valence-corrected chi connectivity index (χ4v) is 1.34. The second-order valence-corrected chi connectivity index (χ2v) is 3.20. The van der Waals surface area contributed by atoms with Crippen LogP contribution in [0.5, 0.6) is 0 Å². The van der Waals surface area contributed by atoms with Gasteiger partial charge in [-0.05, 0) is 12.1 Å². The predicted molar refractivity (Wildman–Crippen MR) is 54.6 cm³/mol. The second-order valence-electron chi connectivity index (χ2n) is 3.20. The zero-order valence-corrected chi connectivity index (χ0v) is 8.68. The Kier molecular flexibility index (Phi) is 2.57. The highest BCUT2D eigenvalue weighted by Gasteiger charge is 2.19. The van der Waals surface area contributed by atoms with E-state index in [1.807, 2.05) is 0 Å². The van der Waals surface area contributed by atoms with Crippen LogP contribution in [0.1, 0.15) is 26.7 Å². The average Bonchev–Trinajstić information content (AvgIpc) is 2.87. The number of H-pyrrole nitrogens is 2. The van der Waals surface area contributed by atoms with Crippen LogP contribution >= 0.6 is 0 Å². The Morgan fingerprint density at radius 2 is 2.24 bits per heavy atom. The number of carbonyl (C=O) groups excluding carboxylic acids is 1. The van der Waals surface area contributed by atoms with Crippen LogP contribution in [-0.4, -0.2) is 42.6 Å². The molecule has 0 atom stereocenters. The maximum Gasteiger partial charge on any atom is 0.339 e. The molecule has 0 unspecified atom stereocenters. The number of nitrogens with one attached hydrogen (secondary N) is 3. The first-order chi connectivity index (χ1) is 8.09. The van der Waals surface area contributed by atoms with Crippen LogP contribution in [0, 0.1) is 6.92 Å². The second kappa shape index (κ2) is 4.04. The van der Waals surface area contributed by atoms with Gasteiger partial charge in [-0.1, -0.05) is 0 Å². The maximum absolute atomic E-state index is 11.6. The number of hydrogen-bond donors (Lipinski definition) is 4. The van der Waals surface area contributed by atoms with Crippen LogP contribution in [0.4, 0.5) is 5.69 Å². The van der Waals surface area contributed by atoms with Crippen LogP contribution in [0.15, 0.2) is 6.20 Å². The third kappa shape index (κ3) is 1.97. The first kappa shape index (κ1) is 10.8. The lowest BCUT2D eigenvalue weighted by molar-refractivity contribution is 0.0697. The Balaban J connectivity index is 2.25. The van der Waals surface area contributed by atoms with Gasteiger partial charge < -0.3 is 15.4 Å². The highest BCUT2D eigenvalue weighted by atomic mass is 16.4. The largest absolute Gasteiger partial charge is 0.478 e. The summed E-state index contributed by atoms with van der Waals surface area (Å²) in [7, 11) is 0. The highest BCUT2D eigenvalue weighted by molar-refractivity contribution is 6.06. The number of carbonyl (C=O) groups is 2. The average molecular weight is 236 g/mol. The minimum atomic E-state index is -1.13. The van der Waals surface area contributed by atoms with E-state index in [4.69, 9.17) is 5.11 Å². The summed E-state index contributed by atoms with van der Waals surface area (Å²) in [4.78, 5) is 25.2. The van der Waals surface area contributed by atoms with Crippen LogP contribution in [-0.2, 0) is 0 Å². The third-order valence-electron chi connectivity index (χ3n) is 2.09. The van der Waals surface area contributed by atoms with E-state index >= 15 is 0 Å². The number of aromatic carboxylic acids is 1. The molecule has 0 spiro atoms. The molecule has 9 nitrogen and oxygen atoms in total. The Hall–Kier alpha value is -2.71. The SMILES string of the molecule is Cc1[nH]cc(NC(=O)c2nn[nH]n2)c1C(=O)O. The lowest BCUT2D eigenvalue weighted by Gasteiger charge is -2.01. The van der Waals surface area contributed by atoms with Gasteiger partial charge >= 0.3 is 5.97 Å². The Morgan fingerprint density at radius 3 is 2.82 bits per heavy atom. The fourth-order valence-electron chi connectivity index (χ4n) is 1.34.